The van der Waals surface area contributed by atoms with E-state index in [0.29, 0.717) is 0 Å². The Morgan fingerprint density at radius 1 is 1.00 bits per heavy atom. The Hall–Kier alpha value is 1.10. The van der Waals surface area contributed by atoms with Gasteiger partial charge in [-0.1, -0.05) is 33.6 Å². The largest absolute Gasteiger partial charge is 3.00 e. The average Bonchev–Trinajstić information content (AvgIpc) is 2.11. The number of rotatable bonds is 3. The van der Waals surface area contributed by atoms with Crippen LogP contribution >= 0.6 is 0 Å². The summed E-state index contributed by atoms with van der Waals surface area (Å²) in [5.74, 6) is 1.49. The van der Waals surface area contributed by atoms with E-state index in [2.05, 4.69) is 27.7 Å². The quantitative estimate of drug-likeness (QED) is 0.638. The van der Waals surface area contributed by atoms with E-state index in [-0.39, 0.29) is 32.7 Å². The smallest absolute Gasteiger partial charge is 0.343 e. The van der Waals surface area contributed by atoms with Crippen molar-refractivity contribution in [1.82, 2.24) is 0 Å². The van der Waals surface area contributed by atoms with Crippen LogP contribution in [0, 0.1) is 32.1 Å². The monoisotopic (exact) mass is 274 g/mol. The first-order valence-electron chi connectivity index (χ1n) is 5.46. The summed E-state index contributed by atoms with van der Waals surface area (Å²) < 4.78 is 0. The van der Waals surface area contributed by atoms with E-state index in [4.69, 9.17) is 0 Å². The summed E-state index contributed by atoms with van der Waals surface area (Å²) in [4.78, 5) is 0. The summed E-state index contributed by atoms with van der Waals surface area (Å²) in [6.07, 6.45) is 4.06. The molecule has 14 heavy (non-hydrogen) atoms. The second-order valence-electron chi connectivity index (χ2n) is 3.16. The third kappa shape index (κ3) is 23.2. The Balaban J connectivity index is -0.0000000716. The molecule has 0 unspecified atom stereocenters. The molecule has 0 aromatic rings. The van der Waals surface area contributed by atoms with Crippen LogP contribution in [-0.2, 0) is 32.7 Å². The van der Waals surface area contributed by atoms with Crippen LogP contribution < -0.4 is 0 Å². The Morgan fingerprint density at radius 2 is 1.21 bits per heavy atom. The maximum Gasteiger partial charge on any atom is 3.00 e. The molecule has 0 saturated carbocycles. The summed E-state index contributed by atoms with van der Waals surface area (Å²) in [7, 11) is 0. The maximum atomic E-state index is 3.84. The molecule has 0 atom stereocenters. The molecule has 0 saturated heterocycles. The van der Waals surface area contributed by atoms with Gasteiger partial charge in [-0.25, -0.2) is 0 Å². The first-order chi connectivity index (χ1) is 6.13. The van der Waals surface area contributed by atoms with Crippen molar-refractivity contribution in [3.8, 4) is 0 Å². The van der Waals surface area contributed by atoms with Crippen LogP contribution in [-0.4, -0.2) is 0 Å². The maximum absolute atomic E-state index is 3.84. The molecule has 0 aliphatic rings. The molecule has 0 rings (SSSR count). The van der Waals surface area contributed by atoms with Gasteiger partial charge in [0, 0.05) is 0 Å². The molecule has 0 bridgehead atoms. The molecule has 0 aromatic carbocycles. The number of hydrogen-bond acceptors (Lipinski definition) is 0. The summed E-state index contributed by atoms with van der Waals surface area (Å²) in [6.45, 7) is 20.1. The SMILES string of the molecule is CC.C[CH-]C.[CH2-]CC(C[CH2-])C(C)C.[Y+3]. The first-order valence-corrected chi connectivity index (χ1v) is 5.46. The minimum atomic E-state index is 0. The summed E-state index contributed by atoms with van der Waals surface area (Å²) in [6, 6.07) is 0. The Kier molecular flexibility index (Phi) is 41.3. The summed E-state index contributed by atoms with van der Waals surface area (Å²) >= 11 is 0. The molecule has 0 aromatic heterocycles. The van der Waals surface area contributed by atoms with Crippen molar-refractivity contribution >= 4 is 0 Å². The van der Waals surface area contributed by atoms with E-state index in [9.17, 15) is 0 Å². The van der Waals surface area contributed by atoms with E-state index in [0.717, 1.165) is 24.7 Å². The van der Waals surface area contributed by atoms with Gasteiger partial charge in [0.1, 0.15) is 0 Å². The first kappa shape index (κ1) is 24.4. The van der Waals surface area contributed by atoms with Crippen molar-refractivity contribution in [3.63, 3.8) is 0 Å². The fraction of sp³-hybridized carbons (Fsp3) is 0.769. The molecule has 0 amide bonds. The van der Waals surface area contributed by atoms with Crippen molar-refractivity contribution in [2.24, 2.45) is 11.8 Å². The number of hydrogen-bond donors (Lipinski definition) is 0. The minimum absolute atomic E-state index is 0. The third-order valence-electron chi connectivity index (χ3n) is 1.68. The predicted octanol–water partition coefficient (Wildman–Crippen LogP) is 4.96. The summed E-state index contributed by atoms with van der Waals surface area (Å²) in [5, 5.41) is 0. The molecule has 0 fully saturated rings. The van der Waals surface area contributed by atoms with Crippen molar-refractivity contribution in [2.45, 2.75) is 54.4 Å². The molecule has 0 aliphatic carbocycles. The van der Waals surface area contributed by atoms with E-state index in [1.807, 2.05) is 34.1 Å². The Labute approximate surface area is 119 Å². The van der Waals surface area contributed by atoms with E-state index in [1.165, 1.54) is 0 Å². The normalized spacial score (nSPS) is 8.14. The van der Waals surface area contributed by atoms with Crippen LogP contribution in [0.4, 0.5) is 0 Å². The zero-order valence-electron chi connectivity index (χ0n) is 11.1. The van der Waals surface area contributed by atoms with Gasteiger partial charge in [0.25, 0.3) is 0 Å². The second kappa shape index (κ2) is 23.7. The molecule has 0 aliphatic heterocycles. The third-order valence-corrected chi connectivity index (χ3v) is 1.68. The minimum Gasteiger partial charge on any atom is -0.343 e. The van der Waals surface area contributed by atoms with Crippen LogP contribution in [0.1, 0.15) is 54.4 Å². The van der Waals surface area contributed by atoms with Gasteiger partial charge in [-0.15, -0.1) is 0 Å². The average molecular weight is 274 g/mol. The molecule has 0 N–H and O–H groups in total. The fourth-order valence-electron chi connectivity index (χ4n) is 0.811. The van der Waals surface area contributed by atoms with Crippen LogP contribution in [0.5, 0.6) is 0 Å². The van der Waals surface area contributed by atoms with Crippen molar-refractivity contribution in [3.05, 3.63) is 20.3 Å². The van der Waals surface area contributed by atoms with Gasteiger partial charge in [-0.05, 0) is 5.92 Å². The second-order valence-corrected chi connectivity index (χ2v) is 3.16. The van der Waals surface area contributed by atoms with Crippen molar-refractivity contribution in [1.29, 1.82) is 0 Å². The Morgan fingerprint density at radius 3 is 1.21 bits per heavy atom. The van der Waals surface area contributed by atoms with E-state index < -0.39 is 0 Å². The van der Waals surface area contributed by atoms with Crippen LogP contribution in [0.25, 0.3) is 0 Å². The predicted molar refractivity (Wildman–Crippen MR) is 65.3 cm³/mol. The van der Waals surface area contributed by atoms with Gasteiger partial charge >= 0.3 is 32.7 Å². The van der Waals surface area contributed by atoms with Crippen LogP contribution in [0.2, 0.25) is 0 Å². The Bertz CT molecular complexity index is 56.3. The van der Waals surface area contributed by atoms with Crippen LogP contribution in [0.15, 0.2) is 0 Å². The van der Waals surface area contributed by atoms with Gasteiger partial charge < -0.3 is 20.3 Å². The van der Waals surface area contributed by atoms with Gasteiger partial charge in [0.05, 0.1) is 0 Å². The topological polar surface area (TPSA) is 0 Å². The standard InChI is InChI=1S/C8H16.C3H7.C2H6.Y/c1-5-8(6-2)7(3)4;1-3-2;1-2;/h7-8H,1-2,5-6H2,3-4H3;3H,1-2H3;1-2H3;/q-2;-1;;+3. The molecule has 84 valence electrons. The van der Waals surface area contributed by atoms with Crippen molar-refractivity contribution < 1.29 is 32.7 Å². The van der Waals surface area contributed by atoms with Gasteiger partial charge in [0.2, 0.25) is 0 Å². The molecular weight excluding hydrogens is 245 g/mol. The zero-order chi connectivity index (χ0) is 11.3. The van der Waals surface area contributed by atoms with E-state index >= 15 is 0 Å². The molecule has 0 nitrogen and oxygen atoms in total. The van der Waals surface area contributed by atoms with E-state index in [1.54, 1.807) is 0 Å². The van der Waals surface area contributed by atoms with Crippen molar-refractivity contribution in [2.75, 3.05) is 0 Å². The molecule has 1 heteroatoms. The van der Waals surface area contributed by atoms with Gasteiger partial charge in [-0.3, -0.25) is 0 Å². The van der Waals surface area contributed by atoms with Gasteiger partial charge in [0.15, 0.2) is 0 Å². The molecule has 0 heterocycles. The summed E-state index contributed by atoms with van der Waals surface area (Å²) in [5.41, 5.74) is 0. The molecule has 0 spiro atoms. The van der Waals surface area contributed by atoms with Gasteiger partial charge in [-0.2, -0.15) is 26.7 Å². The molecular formula is C13H29Y. The fourth-order valence-corrected chi connectivity index (χ4v) is 0.811. The zero-order valence-corrected chi connectivity index (χ0v) is 14.0. The van der Waals surface area contributed by atoms with Crippen LogP contribution in [0.3, 0.4) is 0 Å². The molecule has 0 radical (unpaired) electrons.